The molecule has 0 fully saturated rings. The maximum absolute atomic E-state index is 11.3. The second-order valence-electron chi connectivity index (χ2n) is 4.93. The van der Waals surface area contributed by atoms with E-state index in [9.17, 15) is 4.79 Å². The molecule has 3 nitrogen and oxygen atoms in total. The molecule has 0 aliphatic rings. The second-order valence-corrected chi connectivity index (χ2v) is 6.93. The van der Waals surface area contributed by atoms with E-state index in [-0.39, 0.29) is 0 Å². The molecule has 0 amide bonds. The Hall–Kier alpha value is -1.33. The highest BCUT2D eigenvalue weighted by Gasteiger charge is 2.18. The van der Waals surface area contributed by atoms with Gasteiger partial charge < -0.3 is 4.90 Å². The molecule has 0 saturated heterocycles. The fraction of sp³-hybridized carbons (Fsp3) is 0.375. The van der Waals surface area contributed by atoms with Crippen molar-refractivity contribution in [1.82, 2.24) is 4.98 Å². The first-order valence-electron chi connectivity index (χ1n) is 6.90. The smallest absolute Gasteiger partial charge is 0.186 e. The standard InChI is InChI=1S/C16H20N2OS2/c1-12(9-10-20-3)18(2)16-17-15(14(11-19)21-16)13-7-5-4-6-8-13/h4-8,11-12H,9-10H2,1-3H3. The summed E-state index contributed by atoms with van der Waals surface area (Å²) in [5.74, 6) is 1.13. The molecule has 1 aromatic heterocycles. The summed E-state index contributed by atoms with van der Waals surface area (Å²) >= 11 is 3.32. The third kappa shape index (κ3) is 3.86. The molecule has 5 heteroatoms. The predicted molar refractivity (Wildman–Crippen MR) is 93.8 cm³/mol. The molecule has 21 heavy (non-hydrogen) atoms. The Balaban J connectivity index is 2.26. The third-order valence-corrected chi connectivity index (χ3v) is 5.21. The van der Waals surface area contributed by atoms with E-state index in [1.807, 2.05) is 49.1 Å². The normalized spacial score (nSPS) is 12.1. The molecule has 0 aliphatic carbocycles. The molecule has 0 radical (unpaired) electrons. The van der Waals surface area contributed by atoms with Crippen LogP contribution >= 0.6 is 23.1 Å². The van der Waals surface area contributed by atoms with Crippen molar-refractivity contribution < 1.29 is 4.79 Å². The molecule has 0 spiro atoms. The number of hydrogen-bond donors (Lipinski definition) is 0. The van der Waals surface area contributed by atoms with Crippen LogP contribution in [-0.2, 0) is 0 Å². The largest absolute Gasteiger partial charge is 0.348 e. The average Bonchev–Trinajstić information content (AvgIpc) is 2.97. The van der Waals surface area contributed by atoms with Gasteiger partial charge in [0.25, 0.3) is 0 Å². The van der Waals surface area contributed by atoms with E-state index in [0.29, 0.717) is 10.9 Å². The van der Waals surface area contributed by atoms with Crippen LogP contribution in [0.4, 0.5) is 5.13 Å². The van der Waals surface area contributed by atoms with Crippen molar-refractivity contribution in [3.8, 4) is 11.3 Å². The summed E-state index contributed by atoms with van der Waals surface area (Å²) < 4.78 is 0. The maximum atomic E-state index is 11.3. The Kier molecular flexibility index (Phi) is 5.82. The van der Waals surface area contributed by atoms with Gasteiger partial charge in [0.05, 0.1) is 10.6 Å². The van der Waals surface area contributed by atoms with Crippen LogP contribution in [-0.4, -0.2) is 36.4 Å². The quantitative estimate of drug-likeness (QED) is 0.716. The summed E-state index contributed by atoms with van der Waals surface area (Å²) in [6.07, 6.45) is 4.13. The molecule has 1 atom stereocenters. The molecule has 1 aromatic carbocycles. The molecule has 0 aliphatic heterocycles. The lowest BCUT2D eigenvalue weighted by Gasteiger charge is -2.23. The molecule has 112 valence electrons. The Labute approximate surface area is 134 Å². The lowest BCUT2D eigenvalue weighted by atomic mass is 10.1. The van der Waals surface area contributed by atoms with E-state index in [1.165, 1.54) is 11.3 Å². The number of nitrogens with zero attached hydrogens (tertiary/aromatic N) is 2. The molecule has 0 bridgehead atoms. The number of rotatable bonds is 7. The molecule has 0 saturated carbocycles. The zero-order valence-electron chi connectivity index (χ0n) is 12.6. The van der Waals surface area contributed by atoms with Crippen molar-refractivity contribution in [2.45, 2.75) is 19.4 Å². The van der Waals surface area contributed by atoms with E-state index in [1.54, 1.807) is 0 Å². The minimum atomic E-state index is 0.409. The average molecular weight is 320 g/mol. The highest BCUT2D eigenvalue weighted by molar-refractivity contribution is 7.98. The Morgan fingerprint density at radius 1 is 1.38 bits per heavy atom. The van der Waals surface area contributed by atoms with Gasteiger partial charge in [0.1, 0.15) is 0 Å². The van der Waals surface area contributed by atoms with Gasteiger partial charge in [-0.15, -0.1) is 0 Å². The molecule has 2 aromatic rings. The second kappa shape index (κ2) is 7.61. The fourth-order valence-corrected chi connectivity index (χ4v) is 3.57. The van der Waals surface area contributed by atoms with E-state index in [2.05, 4.69) is 23.1 Å². The summed E-state index contributed by atoms with van der Waals surface area (Å²) in [6.45, 7) is 2.19. The minimum Gasteiger partial charge on any atom is -0.348 e. The summed E-state index contributed by atoms with van der Waals surface area (Å²) in [4.78, 5) is 18.9. The van der Waals surface area contributed by atoms with E-state index < -0.39 is 0 Å². The van der Waals surface area contributed by atoms with Gasteiger partial charge in [0.15, 0.2) is 11.4 Å². The van der Waals surface area contributed by atoms with Crippen molar-refractivity contribution in [3.05, 3.63) is 35.2 Å². The number of thioether (sulfide) groups is 1. The topological polar surface area (TPSA) is 33.2 Å². The van der Waals surface area contributed by atoms with Crippen molar-refractivity contribution >= 4 is 34.5 Å². The van der Waals surface area contributed by atoms with Gasteiger partial charge in [-0.25, -0.2) is 4.98 Å². The summed E-state index contributed by atoms with van der Waals surface area (Å²) in [5.41, 5.74) is 1.78. The maximum Gasteiger partial charge on any atom is 0.186 e. The van der Waals surface area contributed by atoms with Crippen molar-refractivity contribution in [2.75, 3.05) is 24.0 Å². The Bertz CT molecular complexity index is 583. The van der Waals surface area contributed by atoms with E-state index in [0.717, 1.165) is 34.8 Å². The zero-order valence-corrected chi connectivity index (χ0v) is 14.2. The first-order chi connectivity index (χ1) is 10.2. The molecule has 1 unspecified atom stereocenters. The number of hydrogen-bond acceptors (Lipinski definition) is 5. The predicted octanol–water partition coefficient (Wildman–Crippen LogP) is 4.20. The Morgan fingerprint density at radius 3 is 2.71 bits per heavy atom. The summed E-state index contributed by atoms with van der Waals surface area (Å²) in [6, 6.07) is 10.3. The van der Waals surface area contributed by atoms with Crippen molar-refractivity contribution in [3.63, 3.8) is 0 Å². The number of aldehydes is 1. The number of carbonyl (C=O) groups excluding carboxylic acids is 1. The lowest BCUT2D eigenvalue weighted by molar-refractivity contribution is 0.112. The van der Waals surface area contributed by atoms with Crippen LogP contribution in [0.1, 0.15) is 23.0 Å². The van der Waals surface area contributed by atoms with Crippen molar-refractivity contribution in [2.24, 2.45) is 0 Å². The molecule has 2 rings (SSSR count). The van der Waals surface area contributed by atoms with Gasteiger partial charge in [-0.2, -0.15) is 11.8 Å². The highest BCUT2D eigenvalue weighted by Crippen LogP contribution is 2.32. The first-order valence-corrected chi connectivity index (χ1v) is 9.11. The molecule has 1 heterocycles. The fourth-order valence-electron chi connectivity index (χ4n) is 2.02. The van der Waals surface area contributed by atoms with Gasteiger partial charge >= 0.3 is 0 Å². The number of aromatic nitrogens is 1. The van der Waals surface area contributed by atoms with Crippen LogP contribution in [0.5, 0.6) is 0 Å². The van der Waals surface area contributed by atoms with Crippen LogP contribution in [0.3, 0.4) is 0 Å². The minimum absolute atomic E-state index is 0.409. The SMILES string of the molecule is CSCCC(C)N(C)c1nc(-c2ccccc2)c(C=O)s1. The third-order valence-electron chi connectivity index (χ3n) is 3.50. The van der Waals surface area contributed by atoms with Crippen LogP contribution < -0.4 is 4.90 Å². The number of anilines is 1. The number of benzene rings is 1. The first kappa shape index (κ1) is 16.0. The summed E-state index contributed by atoms with van der Waals surface area (Å²) in [5, 5.41) is 0.907. The van der Waals surface area contributed by atoms with Gasteiger partial charge in [-0.3, -0.25) is 4.79 Å². The zero-order chi connectivity index (χ0) is 15.2. The van der Waals surface area contributed by atoms with Gasteiger partial charge in [0, 0.05) is 18.7 Å². The van der Waals surface area contributed by atoms with Crippen LogP contribution in [0.25, 0.3) is 11.3 Å². The van der Waals surface area contributed by atoms with Gasteiger partial charge in [0.2, 0.25) is 0 Å². The van der Waals surface area contributed by atoms with Gasteiger partial charge in [-0.1, -0.05) is 41.7 Å². The summed E-state index contributed by atoms with van der Waals surface area (Å²) in [7, 11) is 2.05. The lowest BCUT2D eigenvalue weighted by Crippen LogP contribution is -2.29. The van der Waals surface area contributed by atoms with E-state index >= 15 is 0 Å². The molecular weight excluding hydrogens is 300 g/mol. The molecule has 0 N–H and O–H groups in total. The van der Waals surface area contributed by atoms with Crippen LogP contribution in [0, 0.1) is 0 Å². The number of thiazole rings is 1. The highest BCUT2D eigenvalue weighted by atomic mass is 32.2. The molecular formula is C16H20N2OS2. The van der Waals surface area contributed by atoms with Crippen molar-refractivity contribution in [1.29, 1.82) is 0 Å². The number of carbonyl (C=O) groups is 1. The monoisotopic (exact) mass is 320 g/mol. The van der Waals surface area contributed by atoms with Crippen LogP contribution in [0.15, 0.2) is 30.3 Å². The van der Waals surface area contributed by atoms with Gasteiger partial charge in [-0.05, 0) is 25.4 Å². The van der Waals surface area contributed by atoms with Crippen LogP contribution in [0.2, 0.25) is 0 Å². The Morgan fingerprint density at radius 2 is 2.10 bits per heavy atom. The van der Waals surface area contributed by atoms with E-state index in [4.69, 9.17) is 0 Å².